The monoisotopic (exact) mass is 238 g/mol. The van der Waals surface area contributed by atoms with Crippen LogP contribution in [-0.2, 0) is 0 Å². The van der Waals surface area contributed by atoms with Gasteiger partial charge in [-0.3, -0.25) is 0 Å². The Morgan fingerprint density at radius 3 is 2.88 bits per heavy atom. The lowest BCUT2D eigenvalue weighted by Crippen LogP contribution is -2.12. The predicted molar refractivity (Wildman–Crippen MR) is 65.5 cm³/mol. The van der Waals surface area contributed by atoms with Crippen LogP contribution in [0.4, 0.5) is 5.69 Å². The van der Waals surface area contributed by atoms with Crippen LogP contribution in [0.5, 0.6) is 0 Å². The molecule has 1 atom stereocenters. The van der Waals surface area contributed by atoms with Gasteiger partial charge in [0.1, 0.15) is 6.07 Å². The number of hydrogen-bond acceptors (Lipinski definition) is 3. The van der Waals surface area contributed by atoms with E-state index in [9.17, 15) is 0 Å². The van der Waals surface area contributed by atoms with E-state index in [1.54, 1.807) is 12.1 Å². The van der Waals surface area contributed by atoms with Gasteiger partial charge in [0, 0.05) is 18.8 Å². The topological polar surface area (TPSA) is 56.0 Å². The van der Waals surface area contributed by atoms with Gasteiger partial charge in [-0.05, 0) is 30.5 Å². The van der Waals surface area contributed by atoms with E-state index < -0.39 is 0 Å². The molecule has 1 rings (SSSR count). The van der Waals surface area contributed by atoms with Crippen molar-refractivity contribution in [2.24, 2.45) is 5.92 Å². The van der Waals surface area contributed by atoms with Crippen molar-refractivity contribution in [1.82, 2.24) is 0 Å². The van der Waals surface area contributed by atoms with Gasteiger partial charge in [0.25, 0.3) is 0 Å². The van der Waals surface area contributed by atoms with Crippen LogP contribution >= 0.6 is 11.6 Å². The Hall–Kier alpha value is -1.24. The average molecular weight is 239 g/mol. The Morgan fingerprint density at radius 1 is 1.56 bits per heavy atom. The van der Waals surface area contributed by atoms with E-state index in [2.05, 4.69) is 12.2 Å². The number of anilines is 1. The lowest BCUT2D eigenvalue weighted by atomic mass is 10.1. The largest absolute Gasteiger partial charge is 0.396 e. The lowest BCUT2D eigenvalue weighted by molar-refractivity contribution is 0.266. The van der Waals surface area contributed by atoms with E-state index in [-0.39, 0.29) is 6.61 Å². The Labute approximate surface area is 101 Å². The fraction of sp³-hybridized carbons (Fsp3) is 0.417. The number of nitrogens with zero attached hydrogens (tertiary/aromatic N) is 1. The van der Waals surface area contributed by atoms with E-state index in [0.29, 0.717) is 16.5 Å². The Balaban J connectivity index is 2.56. The number of aliphatic hydroxyl groups is 1. The molecule has 0 aromatic heterocycles. The molecule has 0 saturated carbocycles. The number of rotatable bonds is 5. The summed E-state index contributed by atoms with van der Waals surface area (Å²) in [6.07, 6.45) is 0.775. The van der Waals surface area contributed by atoms with Crippen molar-refractivity contribution >= 4 is 17.3 Å². The maximum absolute atomic E-state index is 8.76. The molecule has 1 unspecified atom stereocenters. The number of halogens is 1. The second-order valence-corrected chi connectivity index (χ2v) is 4.21. The Morgan fingerprint density at radius 2 is 2.31 bits per heavy atom. The zero-order chi connectivity index (χ0) is 12.0. The summed E-state index contributed by atoms with van der Waals surface area (Å²) in [4.78, 5) is 0. The van der Waals surface area contributed by atoms with Gasteiger partial charge in [0.05, 0.1) is 10.6 Å². The SMILES string of the molecule is CC(CCO)CNc1ccc(C#N)c(Cl)c1. The summed E-state index contributed by atoms with van der Waals surface area (Å²) in [7, 11) is 0. The minimum atomic E-state index is 0.205. The molecule has 0 saturated heterocycles. The molecule has 0 amide bonds. The van der Waals surface area contributed by atoms with Crippen LogP contribution in [0.2, 0.25) is 5.02 Å². The van der Waals surface area contributed by atoms with Gasteiger partial charge in [0.15, 0.2) is 0 Å². The number of nitrogens with one attached hydrogen (secondary N) is 1. The molecule has 16 heavy (non-hydrogen) atoms. The van der Waals surface area contributed by atoms with Gasteiger partial charge in [-0.2, -0.15) is 5.26 Å². The lowest BCUT2D eigenvalue weighted by Gasteiger charge is -2.12. The minimum Gasteiger partial charge on any atom is -0.396 e. The second-order valence-electron chi connectivity index (χ2n) is 3.80. The van der Waals surface area contributed by atoms with Crippen LogP contribution in [0.25, 0.3) is 0 Å². The van der Waals surface area contributed by atoms with Crippen LogP contribution in [0.3, 0.4) is 0 Å². The maximum Gasteiger partial charge on any atom is 0.101 e. The van der Waals surface area contributed by atoms with Gasteiger partial charge in [-0.1, -0.05) is 18.5 Å². The molecule has 0 heterocycles. The van der Waals surface area contributed by atoms with Gasteiger partial charge in [-0.15, -0.1) is 0 Å². The highest BCUT2D eigenvalue weighted by molar-refractivity contribution is 6.32. The number of hydrogen-bond donors (Lipinski definition) is 2. The first-order chi connectivity index (χ1) is 7.67. The van der Waals surface area contributed by atoms with E-state index >= 15 is 0 Å². The van der Waals surface area contributed by atoms with Crippen molar-refractivity contribution < 1.29 is 5.11 Å². The molecule has 0 radical (unpaired) electrons. The molecule has 0 spiro atoms. The molecule has 1 aromatic carbocycles. The fourth-order valence-electron chi connectivity index (χ4n) is 1.33. The summed E-state index contributed by atoms with van der Waals surface area (Å²) in [5.74, 6) is 0.402. The summed E-state index contributed by atoms with van der Waals surface area (Å²) in [6, 6.07) is 7.28. The molecule has 3 nitrogen and oxygen atoms in total. The zero-order valence-electron chi connectivity index (χ0n) is 9.20. The van der Waals surface area contributed by atoms with Crippen molar-refractivity contribution in [3.05, 3.63) is 28.8 Å². The van der Waals surface area contributed by atoms with Crippen molar-refractivity contribution in [3.63, 3.8) is 0 Å². The molecule has 86 valence electrons. The first kappa shape index (κ1) is 12.8. The molecule has 2 N–H and O–H groups in total. The Bertz CT molecular complexity index is 387. The highest BCUT2D eigenvalue weighted by Crippen LogP contribution is 2.20. The van der Waals surface area contributed by atoms with Gasteiger partial charge in [-0.25, -0.2) is 0 Å². The molecular weight excluding hydrogens is 224 g/mol. The van der Waals surface area contributed by atoms with E-state index in [4.69, 9.17) is 22.0 Å². The number of aliphatic hydroxyl groups excluding tert-OH is 1. The number of benzene rings is 1. The third kappa shape index (κ3) is 3.73. The molecular formula is C12H15ClN2O. The summed E-state index contributed by atoms with van der Waals surface area (Å²) < 4.78 is 0. The van der Waals surface area contributed by atoms with E-state index in [1.165, 1.54) is 0 Å². The number of nitriles is 1. The molecule has 0 aliphatic carbocycles. The quantitative estimate of drug-likeness (QED) is 0.829. The van der Waals surface area contributed by atoms with E-state index in [1.807, 2.05) is 12.1 Å². The summed E-state index contributed by atoms with van der Waals surface area (Å²) >= 11 is 5.90. The predicted octanol–water partition coefficient (Wildman–Crippen LogP) is 2.64. The normalized spacial score (nSPS) is 11.9. The van der Waals surface area contributed by atoms with Crippen LogP contribution in [-0.4, -0.2) is 18.3 Å². The summed E-state index contributed by atoms with van der Waals surface area (Å²) in [5, 5.41) is 21.2. The first-order valence-corrected chi connectivity index (χ1v) is 5.59. The highest BCUT2D eigenvalue weighted by atomic mass is 35.5. The molecule has 1 aromatic rings. The minimum absolute atomic E-state index is 0.205. The van der Waals surface area contributed by atoms with Gasteiger partial charge < -0.3 is 10.4 Å². The molecule has 0 aliphatic heterocycles. The van der Waals surface area contributed by atoms with Crippen LogP contribution in [0.1, 0.15) is 18.9 Å². The van der Waals surface area contributed by atoms with Crippen LogP contribution in [0.15, 0.2) is 18.2 Å². The zero-order valence-corrected chi connectivity index (χ0v) is 9.96. The Kier molecular flexibility index (Phi) is 5.10. The third-order valence-corrected chi connectivity index (χ3v) is 2.68. The van der Waals surface area contributed by atoms with Crippen LogP contribution in [0, 0.1) is 17.2 Å². The maximum atomic E-state index is 8.76. The molecule has 0 fully saturated rings. The van der Waals surface area contributed by atoms with E-state index in [0.717, 1.165) is 18.7 Å². The first-order valence-electron chi connectivity index (χ1n) is 5.21. The highest BCUT2D eigenvalue weighted by Gasteiger charge is 2.03. The summed E-state index contributed by atoms with van der Waals surface area (Å²) in [5.41, 5.74) is 1.38. The smallest absolute Gasteiger partial charge is 0.101 e. The van der Waals surface area contributed by atoms with Crippen molar-refractivity contribution in [3.8, 4) is 6.07 Å². The van der Waals surface area contributed by atoms with Gasteiger partial charge in [0.2, 0.25) is 0 Å². The van der Waals surface area contributed by atoms with Gasteiger partial charge >= 0.3 is 0 Å². The second kappa shape index (κ2) is 6.37. The van der Waals surface area contributed by atoms with Crippen molar-refractivity contribution in [1.29, 1.82) is 5.26 Å². The summed E-state index contributed by atoms with van der Waals surface area (Å²) in [6.45, 7) is 3.05. The van der Waals surface area contributed by atoms with Crippen molar-refractivity contribution in [2.45, 2.75) is 13.3 Å². The molecule has 4 heteroatoms. The molecule has 0 aliphatic rings. The third-order valence-electron chi connectivity index (χ3n) is 2.37. The fourth-order valence-corrected chi connectivity index (χ4v) is 1.55. The molecule has 0 bridgehead atoms. The standard InChI is InChI=1S/C12H15ClN2O/c1-9(4-5-16)8-15-11-3-2-10(7-14)12(13)6-11/h2-3,6,9,15-16H,4-5,8H2,1H3. The average Bonchev–Trinajstić information content (AvgIpc) is 2.27. The van der Waals surface area contributed by atoms with Crippen LogP contribution < -0.4 is 5.32 Å². The van der Waals surface area contributed by atoms with Crippen molar-refractivity contribution in [2.75, 3.05) is 18.5 Å².